The van der Waals surface area contributed by atoms with Gasteiger partial charge in [-0.05, 0) is 208 Å². The van der Waals surface area contributed by atoms with Gasteiger partial charge in [0.05, 0.1) is 33.2 Å². The number of hydrogen-bond acceptors (Lipinski definition) is 12. The zero-order valence-electron chi connectivity index (χ0n) is 84.1. The first-order valence-electron chi connectivity index (χ1n) is 47.7. The van der Waals surface area contributed by atoms with E-state index in [-0.39, 0.29) is 102 Å². The molecule has 6 heterocycles. The first kappa shape index (κ1) is 106. The van der Waals surface area contributed by atoms with Crippen LogP contribution < -0.4 is 0 Å². The van der Waals surface area contributed by atoms with Crippen LogP contribution in [0.5, 0.6) is 17.2 Å². The average molecular weight is 2430 g/mol. The quantitative estimate of drug-likeness (QED) is 0.0717. The number of phenolic OH excluding ortho intramolecular Hbond substituents is 3. The molecule has 0 aliphatic rings. The van der Waals surface area contributed by atoms with Crippen molar-refractivity contribution in [1.82, 2.24) is 29.9 Å². The number of para-hydroxylation sites is 4. The smallest absolute Gasteiger partial charge is 0.127 e. The van der Waals surface area contributed by atoms with E-state index in [1.807, 2.05) is 73.2 Å². The van der Waals surface area contributed by atoms with Gasteiger partial charge in [-0.1, -0.05) is 333 Å². The fraction of sp³-hybridized carbons (Fsp3) is 0.274. The summed E-state index contributed by atoms with van der Waals surface area (Å²) in [6.45, 7) is 54.0. The largest absolute Gasteiger partial charge is 0.507 e. The Morgan fingerprint density at radius 3 is 0.835 bits per heavy atom. The Labute approximate surface area is 878 Å². The molecule has 3 N–H and O–H groups in total. The van der Waals surface area contributed by atoms with E-state index in [2.05, 4.69) is 360 Å². The second-order valence-corrected chi connectivity index (χ2v) is 45.3. The molecule has 12 aromatic carbocycles. The summed E-state index contributed by atoms with van der Waals surface area (Å²) in [7, 11) is 0. The van der Waals surface area contributed by atoms with Crippen molar-refractivity contribution in [3.8, 4) is 149 Å². The molecule has 0 radical (unpaired) electrons. The molecule has 0 aliphatic carbocycles. The summed E-state index contributed by atoms with van der Waals surface area (Å²) in [4.78, 5) is 29.8. The molecule has 720 valence electrons. The Bertz CT molecular complexity index is 7410. The van der Waals surface area contributed by atoms with Gasteiger partial charge in [-0.3, -0.25) is 15.0 Å². The van der Waals surface area contributed by atoms with E-state index >= 15 is 0 Å². The molecular formula is C124H125N6O3Pt3S3-3. The van der Waals surface area contributed by atoms with Crippen molar-refractivity contribution in [3.05, 3.63) is 341 Å². The molecule has 0 amide bonds. The van der Waals surface area contributed by atoms with Gasteiger partial charge in [-0.25, -0.2) is 15.0 Å². The molecular weight excluding hydrogens is 2300 g/mol. The number of rotatable bonds is 18. The zero-order valence-corrected chi connectivity index (χ0v) is 93.3. The summed E-state index contributed by atoms with van der Waals surface area (Å²) in [6, 6.07) is 97.9. The average Bonchev–Trinajstić information content (AvgIpc) is 1.65. The summed E-state index contributed by atoms with van der Waals surface area (Å²) in [5.74, 6) is 3.42. The van der Waals surface area contributed by atoms with Crippen molar-refractivity contribution in [2.24, 2.45) is 0 Å². The van der Waals surface area contributed by atoms with Gasteiger partial charge >= 0.3 is 0 Å². The first-order chi connectivity index (χ1) is 64.5. The Balaban J connectivity index is 0.000000174. The van der Waals surface area contributed by atoms with Crippen molar-refractivity contribution in [2.45, 2.75) is 223 Å². The number of aromatic nitrogens is 6. The minimum Gasteiger partial charge on any atom is -0.507 e. The molecule has 0 saturated heterocycles. The van der Waals surface area contributed by atoms with Crippen molar-refractivity contribution >= 4 is 64.7 Å². The number of thiazole rings is 3. The first-order valence-corrected chi connectivity index (χ1v) is 50.2. The van der Waals surface area contributed by atoms with Gasteiger partial charge in [0, 0.05) is 113 Å². The molecule has 9 nitrogen and oxygen atoms in total. The van der Waals surface area contributed by atoms with Gasteiger partial charge in [0.1, 0.15) is 32.3 Å². The van der Waals surface area contributed by atoms with Crippen LogP contribution in [-0.2, 0) is 84.9 Å². The Hall–Kier alpha value is -10.8. The third kappa shape index (κ3) is 24.0. The van der Waals surface area contributed by atoms with Crippen LogP contribution in [0.2, 0.25) is 0 Å². The molecule has 15 heteroatoms. The number of fused-ring (bicyclic) bond motifs is 3. The van der Waals surface area contributed by atoms with Crippen molar-refractivity contribution in [3.63, 3.8) is 0 Å². The monoisotopic (exact) mass is 2430 g/mol. The Morgan fingerprint density at radius 1 is 0.237 bits per heavy atom. The van der Waals surface area contributed by atoms with E-state index < -0.39 is 0 Å². The summed E-state index contributed by atoms with van der Waals surface area (Å²) in [5.41, 5.74) is 36.5. The molecule has 0 bridgehead atoms. The fourth-order valence-corrected chi connectivity index (χ4v) is 20.1. The van der Waals surface area contributed by atoms with E-state index in [0.717, 1.165) is 146 Å². The molecule has 0 unspecified atom stereocenters. The minimum atomic E-state index is -0.0994. The Morgan fingerprint density at radius 2 is 0.504 bits per heavy atom. The summed E-state index contributed by atoms with van der Waals surface area (Å²) < 4.78 is 3.26. The topological polar surface area (TPSA) is 138 Å². The third-order valence-corrected chi connectivity index (χ3v) is 28.8. The van der Waals surface area contributed by atoms with E-state index in [1.54, 1.807) is 52.2 Å². The second-order valence-electron chi connectivity index (χ2n) is 42.3. The maximum absolute atomic E-state index is 10.7. The van der Waals surface area contributed by atoms with E-state index in [1.165, 1.54) is 72.3 Å². The van der Waals surface area contributed by atoms with Crippen LogP contribution in [0.15, 0.2) is 267 Å². The molecule has 0 fully saturated rings. The number of aromatic hydroxyl groups is 3. The second kappa shape index (κ2) is 43.4. The van der Waals surface area contributed by atoms with E-state index in [0.29, 0.717) is 35.5 Å². The number of nitrogens with zero attached hydrogens (tertiary/aromatic N) is 6. The Kier molecular flexibility index (Phi) is 32.9. The van der Waals surface area contributed by atoms with E-state index in [4.69, 9.17) is 29.9 Å². The van der Waals surface area contributed by atoms with Gasteiger partial charge in [0.2, 0.25) is 0 Å². The number of phenols is 3. The summed E-state index contributed by atoms with van der Waals surface area (Å²) >= 11 is 4.83. The molecule has 18 rings (SSSR count). The van der Waals surface area contributed by atoms with Crippen LogP contribution in [0, 0.1) is 18.2 Å². The minimum absolute atomic E-state index is 0. The summed E-state index contributed by atoms with van der Waals surface area (Å²) in [5, 5.41) is 34.2. The van der Waals surface area contributed by atoms with Crippen LogP contribution in [0.3, 0.4) is 0 Å². The van der Waals surface area contributed by atoms with E-state index in [9.17, 15) is 15.3 Å². The van der Waals surface area contributed by atoms with Gasteiger partial charge in [-0.15, -0.1) is 122 Å². The standard InChI is InChI=1S/C44H47N2OS.2C40H39N2OS.3Pt/c1-26(2)29-17-30(27(3)4)19-31(18-29)28-15-16-45-38(23-28)33-20-32(21-34(22-33)43(5,6)7)37-24-35(44(8,9)10)25-40-41(37)46-42(48-40)36-13-11-12-14-39(36)47;1-24(2)29-18-30(25(3)4)20-31(19-29)26-15-16-41-35(21-26)28-12-10-11-27(17-28)34-22-32(40(5,6)7)23-37-38(34)42-39(44-37)33-13-8-9-14-36(33)43;1-24(2)27-17-28(25(3)4)19-29(18-27)26-15-16-41-35(23-26)31-20-30(21-32(22-31)40(5,6)7)33-12-10-14-37-38(33)42-39(44-37)34-11-8-9-13-36(34)43;;;/h11-19,21-27,47H,1-10H3;8-16,18-25,43H,1-7H3;8-19,21-25,43H,1-7H3;;;/q3*-1;;;. The molecule has 0 aliphatic heterocycles. The SMILES string of the molecule is CC(C)c1cc(-c2ccnc(-c3[c-]c(-c4cc(C(C)(C)C)cc5sc(-c6ccccc6O)nc45)cc(C(C)(C)C)c3)c2)cc(C(C)C)c1.CC(C)c1cc(-c2ccnc(-c3[c-]c(-c4cc(C(C)(C)C)cc5sc(-c6ccccc6O)nc45)ccc3)c2)cc(C(C)C)c1.CC(C)c1cc(-c2ccnc(-c3[c-]c(-c4cccc5sc(-c6ccccc6O)nc45)cc(C(C)(C)C)c3)c2)cc(C(C)C)c1.[Pt].[Pt].[Pt]. The number of pyridine rings is 3. The van der Waals surface area contributed by atoms with Crippen LogP contribution in [0.4, 0.5) is 0 Å². The van der Waals surface area contributed by atoms with Gasteiger partial charge in [0.15, 0.2) is 0 Å². The maximum atomic E-state index is 10.7. The maximum Gasteiger partial charge on any atom is 0.127 e. The predicted molar refractivity (Wildman–Crippen MR) is 578 cm³/mol. The van der Waals surface area contributed by atoms with Gasteiger partial charge in [0.25, 0.3) is 0 Å². The number of hydrogen-bond donors (Lipinski definition) is 3. The predicted octanol–water partition coefficient (Wildman–Crippen LogP) is 35.5. The molecule has 18 aromatic rings. The summed E-state index contributed by atoms with van der Waals surface area (Å²) in [6.07, 6.45) is 5.75. The van der Waals surface area contributed by atoms with Crippen LogP contribution in [0.25, 0.3) is 163 Å². The van der Waals surface area contributed by atoms with Gasteiger partial charge in [-0.2, -0.15) is 0 Å². The van der Waals surface area contributed by atoms with Crippen LogP contribution in [-0.4, -0.2) is 45.2 Å². The van der Waals surface area contributed by atoms with Crippen LogP contribution in [0.1, 0.15) is 257 Å². The molecule has 139 heavy (non-hydrogen) atoms. The molecule has 0 spiro atoms. The van der Waals surface area contributed by atoms with Crippen molar-refractivity contribution in [2.75, 3.05) is 0 Å². The van der Waals surface area contributed by atoms with Gasteiger partial charge < -0.3 is 15.3 Å². The fourth-order valence-electron chi connectivity index (χ4n) is 17.0. The number of benzene rings is 12. The molecule has 0 saturated carbocycles. The van der Waals surface area contributed by atoms with Crippen molar-refractivity contribution in [1.29, 1.82) is 0 Å². The zero-order chi connectivity index (χ0) is 96.9. The van der Waals surface area contributed by atoms with Crippen LogP contribution >= 0.6 is 34.0 Å². The molecule has 6 aromatic heterocycles. The van der Waals surface area contributed by atoms with Crippen molar-refractivity contribution < 1.29 is 78.5 Å². The molecule has 0 atom stereocenters. The normalized spacial score (nSPS) is 11.9. The third-order valence-electron chi connectivity index (χ3n) is 25.7.